The molecule has 36 heavy (non-hydrogen) atoms. The largest absolute Gasteiger partial charge is 0.419 e. The number of hydrogen-bond acceptors (Lipinski definition) is 7. The Hall–Kier alpha value is -3.27. The molecule has 3 aliphatic rings. The van der Waals surface area contributed by atoms with Crippen LogP contribution < -0.4 is 5.32 Å². The number of hydrogen-bond donors (Lipinski definition) is 1. The zero-order chi connectivity index (χ0) is 25.0. The van der Waals surface area contributed by atoms with Crippen LogP contribution in [0, 0.1) is 13.8 Å². The molecule has 3 aromatic rings. The Morgan fingerprint density at radius 1 is 1.08 bits per heavy atom. The third kappa shape index (κ3) is 3.97. The summed E-state index contributed by atoms with van der Waals surface area (Å²) in [5, 5.41) is 7.34. The van der Waals surface area contributed by atoms with Crippen LogP contribution in [0.1, 0.15) is 59.7 Å². The van der Waals surface area contributed by atoms with Crippen LogP contribution in [-0.4, -0.2) is 50.2 Å². The summed E-state index contributed by atoms with van der Waals surface area (Å²) in [5.74, 6) is 0.894. The van der Waals surface area contributed by atoms with Gasteiger partial charge in [0.15, 0.2) is 0 Å². The van der Waals surface area contributed by atoms with Gasteiger partial charge in [-0.15, -0.1) is 0 Å². The van der Waals surface area contributed by atoms with Gasteiger partial charge in [-0.25, -0.2) is 9.97 Å². The molecule has 188 valence electrons. The molecule has 7 nitrogen and oxygen atoms in total. The van der Waals surface area contributed by atoms with Crippen LogP contribution in [0.25, 0.3) is 16.8 Å². The summed E-state index contributed by atoms with van der Waals surface area (Å²) in [6.45, 7) is 5.81. The van der Waals surface area contributed by atoms with Crippen LogP contribution in [0.5, 0.6) is 0 Å². The summed E-state index contributed by atoms with van der Waals surface area (Å²) >= 11 is 0. The highest BCUT2D eigenvalue weighted by atomic mass is 19.4. The number of fused-ring (bicyclic) bond motifs is 1. The van der Waals surface area contributed by atoms with E-state index in [1.807, 2.05) is 19.9 Å². The first-order valence-corrected chi connectivity index (χ1v) is 12.4. The van der Waals surface area contributed by atoms with Gasteiger partial charge in [-0.1, -0.05) is 17.3 Å². The normalized spacial score (nSPS) is 21.9. The van der Waals surface area contributed by atoms with E-state index in [4.69, 9.17) is 9.51 Å². The molecule has 0 radical (unpaired) electrons. The molecule has 2 atom stereocenters. The van der Waals surface area contributed by atoms with Gasteiger partial charge in [0.25, 0.3) is 0 Å². The minimum absolute atomic E-state index is 0.107. The molecule has 2 fully saturated rings. The molecule has 1 saturated carbocycles. The lowest BCUT2D eigenvalue weighted by Crippen LogP contribution is -2.50. The van der Waals surface area contributed by atoms with Crippen molar-refractivity contribution in [1.29, 1.82) is 0 Å². The zero-order valence-corrected chi connectivity index (χ0v) is 20.2. The van der Waals surface area contributed by atoms with Gasteiger partial charge in [0, 0.05) is 35.8 Å². The van der Waals surface area contributed by atoms with Crippen molar-refractivity contribution >= 4 is 11.5 Å². The minimum atomic E-state index is -4.57. The summed E-state index contributed by atoms with van der Waals surface area (Å²) < 4.78 is 47.3. The Morgan fingerprint density at radius 3 is 2.61 bits per heavy atom. The van der Waals surface area contributed by atoms with E-state index in [0.717, 1.165) is 49.8 Å². The predicted octanol–water partition coefficient (Wildman–Crippen LogP) is 5.19. The lowest BCUT2D eigenvalue weighted by atomic mass is 10.0. The third-order valence-corrected chi connectivity index (χ3v) is 7.56. The molecule has 1 N–H and O–H groups in total. The summed E-state index contributed by atoms with van der Waals surface area (Å²) in [4.78, 5) is 15.7. The van der Waals surface area contributed by atoms with E-state index in [1.165, 1.54) is 6.42 Å². The van der Waals surface area contributed by atoms with E-state index in [-0.39, 0.29) is 17.7 Å². The SMILES string of the molecule is Cc1noc(C)c1-c1ccc2c(n1)CC=C2c1nc(N[C@H]2CCC[C@@H]2N2CCC2)ncc1C(F)(F)F. The van der Waals surface area contributed by atoms with Crippen molar-refractivity contribution in [2.45, 2.75) is 64.2 Å². The lowest BCUT2D eigenvalue weighted by Gasteiger charge is -2.39. The quantitative estimate of drug-likeness (QED) is 0.521. The average molecular weight is 497 g/mol. The van der Waals surface area contributed by atoms with Gasteiger partial charge in [0.2, 0.25) is 5.95 Å². The molecular weight excluding hydrogens is 469 g/mol. The van der Waals surface area contributed by atoms with Gasteiger partial charge in [-0.05, 0) is 58.7 Å². The monoisotopic (exact) mass is 496 g/mol. The van der Waals surface area contributed by atoms with E-state index in [2.05, 4.69) is 25.3 Å². The van der Waals surface area contributed by atoms with E-state index in [1.54, 1.807) is 12.1 Å². The van der Waals surface area contributed by atoms with Crippen molar-refractivity contribution in [2.24, 2.45) is 0 Å². The van der Waals surface area contributed by atoms with Gasteiger partial charge in [-0.2, -0.15) is 13.2 Å². The van der Waals surface area contributed by atoms with Crippen molar-refractivity contribution in [3.8, 4) is 11.3 Å². The van der Waals surface area contributed by atoms with Gasteiger partial charge in [0.1, 0.15) is 11.3 Å². The first kappa shape index (κ1) is 23.1. The van der Waals surface area contributed by atoms with Crippen LogP contribution in [0.2, 0.25) is 0 Å². The van der Waals surface area contributed by atoms with Gasteiger partial charge in [-0.3, -0.25) is 9.88 Å². The maximum atomic E-state index is 14.0. The minimum Gasteiger partial charge on any atom is -0.361 e. The van der Waals surface area contributed by atoms with E-state index in [0.29, 0.717) is 40.7 Å². The Bertz CT molecular complexity index is 1320. The number of aromatic nitrogens is 4. The molecule has 1 saturated heterocycles. The maximum Gasteiger partial charge on any atom is 0.419 e. The van der Waals surface area contributed by atoms with Gasteiger partial charge >= 0.3 is 6.18 Å². The maximum absolute atomic E-state index is 14.0. The number of pyridine rings is 1. The molecule has 10 heteroatoms. The summed E-state index contributed by atoms with van der Waals surface area (Å²) in [5.41, 5.74) is 3.07. The number of nitrogens with one attached hydrogen (secondary N) is 1. The van der Waals surface area contributed by atoms with Crippen molar-refractivity contribution in [2.75, 3.05) is 18.4 Å². The number of anilines is 1. The van der Waals surface area contributed by atoms with Crippen LogP contribution >= 0.6 is 0 Å². The van der Waals surface area contributed by atoms with Crippen molar-refractivity contribution in [1.82, 2.24) is 25.0 Å². The molecule has 0 bridgehead atoms. The van der Waals surface area contributed by atoms with Crippen LogP contribution in [0.3, 0.4) is 0 Å². The molecule has 0 aromatic carbocycles. The van der Waals surface area contributed by atoms with Crippen molar-refractivity contribution < 1.29 is 17.7 Å². The Balaban J connectivity index is 1.34. The molecule has 4 heterocycles. The average Bonchev–Trinajstić information content (AvgIpc) is 3.51. The molecule has 0 spiro atoms. The molecule has 0 amide bonds. The smallest absolute Gasteiger partial charge is 0.361 e. The van der Waals surface area contributed by atoms with E-state index in [9.17, 15) is 13.2 Å². The second-order valence-electron chi connectivity index (χ2n) is 9.80. The summed E-state index contributed by atoms with van der Waals surface area (Å²) in [7, 11) is 0. The molecule has 6 rings (SSSR count). The highest BCUT2D eigenvalue weighted by molar-refractivity contribution is 5.85. The van der Waals surface area contributed by atoms with E-state index < -0.39 is 11.7 Å². The summed E-state index contributed by atoms with van der Waals surface area (Å²) in [6.07, 6.45) is 2.86. The topological polar surface area (TPSA) is 80.0 Å². The Morgan fingerprint density at radius 2 is 1.92 bits per heavy atom. The number of nitrogens with zero attached hydrogens (tertiary/aromatic N) is 5. The Kier molecular flexibility index (Phi) is 5.59. The summed E-state index contributed by atoms with van der Waals surface area (Å²) in [6, 6.07) is 4.13. The molecule has 0 unspecified atom stereocenters. The standard InChI is InChI=1S/C26H27F3N6O/c1-14-23(15(2)36-34-14)21-10-7-16-17(8-9-19(16)31-21)24-18(26(27,28)29)13-30-25(33-24)32-20-5-3-6-22(20)35-11-4-12-35/h7-8,10,13,20,22H,3-6,9,11-12H2,1-2H3,(H,30,32,33)/t20-,22-/m0/s1. The van der Waals surface area contributed by atoms with Crippen LogP contribution in [0.4, 0.5) is 19.1 Å². The number of likely N-dealkylation sites (tertiary alicyclic amines) is 1. The van der Waals surface area contributed by atoms with Gasteiger partial charge in [0.05, 0.1) is 28.3 Å². The number of rotatable bonds is 5. The first-order chi connectivity index (χ1) is 17.3. The lowest BCUT2D eigenvalue weighted by molar-refractivity contribution is -0.138. The first-order valence-electron chi connectivity index (χ1n) is 12.4. The highest BCUT2D eigenvalue weighted by Gasteiger charge is 2.39. The number of allylic oxidation sites excluding steroid dienone is 1. The fourth-order valence-corrected chi connectivity index (χ4v) is 5.67. The molecule has 2 aliphatic carbocycles. The second kappa shape index (κ2) is 8.69. The van der Waals surface area contributed by atoms with Gasteiger partial charge < -0.3 is 9.84 Å². The third-order valence-electron chi connectivity index (χ3n) is 7.56. The zero-order valence-electron chi connectivity index (χ0n) is 20.2. The van der Waals surface area contributed by atoms with Crippen molar-refractivity contribution in [3.05, 3.63) is 58.4 Å². The molecule has 1 aliphatic heterocycles. The molecule has 3 aromatic heterocycles. The number of halogens is 3. The predicted molar refractivity (Wildman–Crippen MR) is 128 cm³/mol. The second-order valence-corrected chi connectivity index (χ2v) is 9.80. The van der Waals surface area contributed by atoms with Crippen LogP contribution in [0.15, 0.2) is 28.9 Å². The number of aryl methyl sites for hydroxylation is 2. The fourth-order valence-electron chi connectivity index (χ4n) is 5.67. The van der Waals surface area contributed by atoms with Crippen LogP contribution in [-0.2, 0) is 12.6 Å². The fraction of sp³-hybridized carbons (Fsp3) is 0.462. The van der Waals surface area contributed by atoms with E-state index >= 15 is 0 Å². The highest BCUT2D eigenvalue weighted by Crippen LogP contribution is 2.40. The van der Waals surface area contributed by atoms with Crippen molar-refractivity contribution in [3.63, 3.8) is 0 Å². The number of alkyl halides is 3. The Labute approximate surface area is 206 Å². The molecular formula is C26H27F3N6O.